The molecule has 0 bridgehead atoms. The van der Waals surface area contributed by atoms with Gasteiger partial charge in [0, 0.05) is 32.1 Å². The Morgan fingerprint density at radius 2 is 1.55 bits per heavy atom. The predicted molar refractivity (Wildman–Crippen MR) is 84.6 cm³/mol. The number of rotatable bonds is 2. The summed E-state index contributed by atoms with van der Waals surface area (Å²) in [4.78, 5) is 25.3. The van der Waals surface area contributed by atoms with Crippen molar-refractivity contribution >= 4 is 11.9 Å². The number of benzene rings is 1. The topological polar surface area (TPSA) is 61.4 Å². The van der Waals surface area contributed by atoms with Gasteiger partial charge in [-0.1, -0.05) is 24.3 Å². The second-order valence-electron chi connectivity index (χ2n) is 6.27. The number of fused-ring (bicyclic) bond motifs is 1. The fourth-order valence-electron chi connectivity index (χ4n) is 3.41. The first kappa shape index (κ1) is 14.9. The Hall–Kier alpha value is -2.04. The van der Waals surface area contributed by atoms with Crippen molar-refractivity contribution < 1.29 is 9.59 Å². The Bertz CT molecular complexity index is 540. The lowest BCUT2D eigenvalue weighted by molar-refractivity contribution is -0.129. The monoisotopic (exact) mass is 301 g/mol. The molecule has 22 heavy (non-hydrogen) atoms. The number of carbonyl (C=O) groups excluding carboxylic acids is 2. The van der Waals surface area contributed by atoms with E-state index in [-0.39, 0.29) is 24.0 Å². The predicted octanol–water partition coefficient (Wildman–Crippen LogP) is 1.46. The van der Waals surface area contributed by atoms with E-state index < -0.39 is 0 Å². The molecule has 0 unspecified atom stereocenters. The first-order valence-electron chi connectivity index (χ1n) is 8.01. The van der Waals surface area contributed by atoms with Crippen molar-refractivity contribution in [3.63, 3.8) is 0 Å². The van der Waals surface area contributed by atoms with Crippen LogP contribution in [-0.2, 0) is 17.6 Å². The van der Waals surface area contributed by atoms with E-state index in [1.807, 2.05) is 17.0 Å². The van der Waals surface area contributed by atoms with Gasteiger partial charge in [0.25, 0.3) is 0 Å². The molecule has 2 N–H and O–H groups in total. The maximum Gasteiger partial charge on any atom is 0.315 e. The quantitative estimate of drug-likeness (QED) is 0.869. The molecule has 0 radical (unpaired) electrons. The molecule has 1 heterocycles. The van der Waals surface area contributed by atoms with Crippen LogP contribution in [0.5, 0.6) is 0 Å². The van der Waals surface area contributed by atoms with Crippen LogP contribution in [0, 0.1) is 0 Å². The van der Waals surface area contributed by atoms with Gasteiger partial charge in [0.15, 0.2) is 0 Å². The Kier molecular flexibility index (Phi) is 4.32. The third kappa shape index (κ3) is 3.40. The molecule has 3 rings (SSSR count). The summed E-state index contributed by atoms with van der Waals surface area (Å²) in [5, 5.41) is 6.12. The summed E-state index contributed by atoms with van der Waals surface area (Å²) >= 11 is 0. The maximum absolute atomic E-state index is 12.1. The number of nitrogens with zero attached hydrogens (tertiary/aromatic N) is 1. The number of nitrogens with one attached hydrogen (secondary N) is 2. The van der Waals surface area contributed by atoms with E-state index in [0.717, 1.165) is 38.8 Å². The third-order valence-corrected chi connectivity index (χ3v) is 4.66. The largest absolute Gasteiger partial charge is 0.343 e. The molecular weight excluding hydrogens is 278 g/mol. The number of hydrogen-bond donors (Lipinski definition) is 2. The fourth-order valence-corrected chi connectivity index (χ4v) is 3.41. The zero-order chi connectivity index (χ0) is 15.5. The van der Waals surface area contributed by atoms with E-state index in [2.05, 4.69) is 22.8 Å². The number of hydrogen-bond acceptors (Lipinski definition) is 2. The summed E-state index contributed by atoms with van der Waals surface area (Å²) in [6.07, 6.45) is 3.48. The molecule has 118 valence electrons. The van der Waals surface area contributed by atoms with Gasteiger partial charge < -0.3 is 15.5 Å². The lowest BCUT2D eigenvalue weighted by atomic mass is 10.1. The minimum absolute atomic E-state index is 0.0842. The molecule has 1 fully saturated rings. The molecule has 5 heteroatoms. The van der Waals surface area contributed by atoms with Crippen molar-refractivity contribution in [2.75, 3.05) is 13.1 Å². The van der Waals surface area contributed by atoms with Gasteiger partial charge in [-0.05, 0) is 36.8 Å². The summed E-state index contributed by atoms with van der Waals surface area (Å²) in [6, 6.07) is 8.63. The van der Waals surface area contributed by atoms with E-state index in [4.69, 9.17) is 0 Å². The van der Waals surface area contributed by atoms with Crippen molar-refractivity contribution in [1.82, 2.24) is 15.5 Å². The van der Waals surface area contributed by atoms with Gasteiger partial charge >= 0.3 is 6.03 Å². The van der Waals surface area contributed by atoms with Gasteiger partial charge in [0.05, 0.1) is 0 Å². The van der Waals surface area contributed by atoms with Gasteiger partial charge in [0.1, 0.15) is 0 Å². The zero-order valence-electron chi connectivity index (χ0n) is 13.0. The van der Waals surface area contributed by atoms with E-state index in [0.29, 0.717) is 0 Å². The molecule has 1 saturated heterocycles. The standard InChI is InChI=1S/C17H23N3O2/c1-12(21)20-8-6-15(7-9-20)18-17(22)19-16-10-13-4-2-3-5-14(13)11-16/h2-5,15-16H,6-11H2,1H3,(H2,18,19,22). The summed E-state index contributed by atoms with van der Waals surface area (Å²) in [7, 11) is 0. The summed E-state index contributed by atoms with van der Waals surface area (Å²) < 4.78 is 0. The van der Waals surface area contributed by atoms with Crippen LogP contribution >= 0.6 is 0 Å². The fraction of sp³-hybridized carbons (Fsp3) is 0.529. The molecule has 1 aromatic carbocycles. The number of amides is 3. The lowest BCUT2D eigenvalue weighted by Crippen LogP contribution is -2.50. The highest BCUT2D eigenvalue weighted by molar-refractivity contribution is 5.75. The van der Waals surface area contributed by atoms with Crippen LogP contribution in [0.3, 0.4) is 0 Å². The van der Waals surface area contributed by atoms with Crippen LogP contribution in [0.25, 0.3) is 0 Å². The van der Waals surface area contributed by atoms with E-state index in [1.165, 1.54) is 11.1 Å². The summed E-state index contributed by atoms with van der Waals surface area (Å²) in [5.74, 6) is 0.117. The van der Waals surface area contributed by atoms with Crippen molar-refractivity contribution in [3.05, 3.63) is 35.4 Å². The second-order valence-corrected chi connectivity index (χ2v) is 6.27. The second kappa shape index (κ2) is 6.38. The van der Waals surface area contributed by atoms with Crippen molar-refractivity contribution in [3.8, 4) is 0 Å². The van der Waals surface area contributed by atoms with Crippen LogP contribution in [0.15, 0.2) is 24.3 Å². The van der Waals surface area contributed by atoms with Crippen LogP contribution in [0.2, 0.25) is 0 Å². The minimum Gasteiger partial charge on any atom is -0.343 e. The number of carbonyl (C=O) groups is 2. The van der Waals surface area contributed by atoms with Crippen molar-refractivity contribution in [2.24, 2.45) is 0 Å². The number of piperidine rings is 1. The van der Waals surface area contributed by atoms with Gasteiger partial charge in [0.2, 0.25) is 5.91 Å². The lowest BCUT2D eigenvalue weighted by Gasteiger charge is -2.31. The summed E-state index contributed by atoms with van der Waals surface area (Å²) in [5.41, 5.74) is 2.67. The van der Waals surface area contributed by atoms with Crippen molar-refractivity contribution in [1.29, 1.82) is 0 Å². The molecule has 1 aromatic rings. The number of likely N-dealkylation sites (tertiary alicyclic amines) is 1. The Morgan fingerprint density at radius 1 is 1.00 bits per heavy atom. The highest BCUT2D eigenvalue weighted by Gasteiger charge is 2.25. The van der Waals surface area contributed by atoms with Crippen LogP contribution in [-0.4, -0.2) is 42.0 Å². The molecule has 1 aliphatic heterocycles. The smallest absolute Gasteiger partial charge is 0.315 e. The maximum atomic E-state index is 12.1. The zero-order valence-corrected chi connectivity index (χ0v) is 13.0. The first-order chi connectivity index (χ1) is 10.6. The highest BCUT2D eigenvalue weighted by Crippen LogP contribution is 2.21. The molecule has 2 aliphatic rings. The van der Waals surface area contributed by atoms with E-state index >= 15 is 0 Å². The number of urea groups is 1. The highest BCUT2D eigenvalue weighted by atomic mass is 16.2. The van der Waals surface area contributed by atoms with Gasteiger partial charge in [-0.15, -0.1) is 0 Å². The molecule has 0 atom stereocenters. The van der Waals surface area contributed by atoms with Crippen molar-refractivity contribution in [2.45, 2.75) is 44.7 Å². The third-order valence-electron chi connectivity index (χ3n) is 4.66. The average molecular weight is 301 g/mol. The van der Waals surface area contributed by atoms with Crippen LogP contribution in [0.1, 0.15) is 30.9 Å². The van der Waals surface area contributed by atoms with Gasteiger partial charge in [-0.2, -0.15) is 0 Å². The molecule has 0 aromatic heterocycles. The Morgan fingerprint density at radius 3 is 2.09 bits per heavy atom. The van der Waals surface area contributed by atoms with Crippen LogP contribution in [0.4, 0.5) is 4.79 Å². The molecule has 3 amide bonds. The molecule has 0 saturated carbocycles. The minimum atomic E-state index is -0.0842. The van der Waals surface area contributed by atoms with E-state index in [1.54, 1.807) is 6.92 Å². The average Bonchev–Trinajstić information content (AvgIpc) is 2.89. The summed E-state index contributed by atoms with van der Waals surface area (Å²) in [6.45, 7) is 3.06. The van der Waals surface area contributed by atoms with Crippen LogP contribution < -0.4 is 10.6 Å². The Balaban J connectivity index is 1.44. The Labute approximate surface area is 131 Å². The van der Waals surface area contributed by atoms with E-state index in [9.17, 15) is 9.59 Å². The normalized spacial score (nSPS) is 18.9. The first-order valence-corrected chi connectivity index (χ1v) is 8.01. The molecule has 0 spiro atoms. The molecule has 5 nitrogen and oxygen atoms in total. The van der Waals surface area contributed by atoms with Gasteiger partial charge in [-0.25, -0.2) is 4.79 Å². The molecular formula is C17H23N3O2. The molecule has 1 aliphatic carbocycles. The SMILES string of the molecule is CC(=O)N1CCC(NC(=O)NC2Cc3ccccc3C2)CC1. The van der Waals surface area contributed by atoms with Gasteiger partial charge in [-0.3, -0.25) is 4.79 Å².